The van der Waals surface area contributed by atoms with Gasteiger partial charge in [0.25, 0.3) is 5.56 Å². The van der Waals surface area contributed by atoms with Crippen LogP contribution in [0.15, 0.2) is 52.4 Å². The van der Waals surface area contributed by atoms with E-state index in [1.54, 1.807) is 44.3 Å². The molecule has 0 spiro atoms. The number of nitrogens with one attached hydrogen (secondary N) is 1. The Morgan fingerprint density at radius 1 is 1.27 bits per heavy atom. The van der Waals surface area contributed by atoms with E-state index in [4.69, 9.17) is 0 Å². The first kappa shape index (κ1) is 18.1. The maximum Gasteiger partial charge on any atom is 0.261 e. The molecule has 3 rings (SSSR count). The Morgan fingerprint density at radius 2 is 2.04 bits per heavy atom. The van der Waals surface area contributed by atoms with E-state index in [0.717, 1.165) is 5.56 Å². The molecule has 0 saturated carbocycles. The number of benzene rings is 2. The smallest absolute Gasteiger partial charge is 0.261 e. The van der Waals surface area contributed by atoms with Crippen molar-refractivity contribution >= 4 is 28.6 Å². The SMILES string of the molecule is Cc1cc(CNC(=O)CSc2nc3ccccc3c(=O)n2C)ccc1F. The van der Waals surface area contributed by atoms with Gasteiger partial charge in [0, 0.05) is 13.6 Å². The molecule has 134 valence electrons. The number of aryl methyl sites for hydroxylation is 1. The van der Waals surface area contributed by atoms with Crippen molar-refractivity contribution in [2.75, 3.05) is 5.75 Å². The Morgan fingerprint density at radius 3 is 2.81 bits per heavy atom. The number of thioether (sulfide) groups is 1. The van der Waals surface area contributed by atoms with Crippen LogP contribution in [0.4, 0.5) is 4.39 Å². The normalized spacial score (nSPS) is 10.9. The van der Waals surface area contributed by atoms with Crippen molar-refractivity contribution in [3.8, 4) is 0 Å². The summed E-state index contributed by atoms with van der Waals surface area (Å²) in [5.41, 5.74) is 1.85. The number of aromatic nitrogens is 2. The Balaban J connectivity index is 1.64. The highest BCUT2D eigenvalue weighted by molar-refractivity contribution is 7.99. The molecule has 1 aromatic heterocycles. The van der Waals surface area contributed by atoms with Crippen molar-refractivity contribution in [1.82, 2.24) is 14.9 Å². The second-order valence-electron chi connectivity index (χ2n) is 5.92. The standard InChI is InChI=1S/C19H18FN3O2S/c1-12-9-13(7-8-15(12)20)10-21-17(24)11-26-19-22-16-6-4-3-5-14(16)18(25)23(19)2/h3-9H,10-11H2,1-2H3,(H,21,24). The number of hydrogen-bond donors (Lipinski definition) is 1. The highest BCUT2D eigenvalue weighted by atomic mass is 32.2. The summed E-state index contributed by atoms with van der Waals surface area (Å²) < 4.78 is 14.7. The van der Waals surface area contributed by atoms with Gasteiger partial charge in [0.1, 0.15) is 5.82 Å². The molecule has 0 aliphatic carbocycles. The van der Waals surface area contributed by atoms with Crippen molar-refractivity contribution in [3.63, 3.8) is 0 Å². The molecular formula is C19H18FN3O2S. The molecule has 0 fully saturated rings. The zero-order valence-electron chi connectivity index (χ0n) is 14.5. The van der Waals surface area contributed by atoms with Crippen molar-refractivity contribution in [3.05, 3.63) is 69.8 Å². The molecule has 0 aliphatic heterocycles. The lowest BCUT2D eigenvalue weighted by Gasteiger charge is -2.09. The molecule has 0 bridgehead atoms. The highest BCUT2D eigenvalue weighted by Crippen LogP contribution is 2.16. The lowest BCUT2D eigenvalue weighted by atomic mass is 10.1. The van der Waals surface area contributed by atoms with Gasteiger partial charge in [-0.25, -0.2) is 9.37 Å². The van der Waals surface area contributed by atoms with Crippen LogP contribution in [0.1, 0.15) is 11.1 Å². The zero-order valence-corrected chi connectivity index (χ0v) is 15.3. The fourth-order valence-corrected chi connectivity index (χ4v) is 3.33. The fraction of sp³-hybridized carbons (Fsp3) is 0.211. The molecule has 1 N–H and O–H groups in total. The van der Waals surface area contributed by atoms with Crippen LogP contribution in [-0.4, -0.2) is 21.2 Å². The summed E-state index contributed by atoms with van der Waals surface area (Å²) in [7, 11) is 1.64. The average molecular weight is 371 g/mol. The molecule has 5 nitrogen and oxygen atoms in total. The van der Waals surface area contributed by atoms with E-state index in [0.29, 0.717) is 28.2 Å². The van der Waals surface area contributed by atoms with Gasteiger partial charge in [-0.15, -0.1) is 0 Å². The van der Waals surface area contributed by atoms with E-state index in [1.807, 2.05) is 6.07 Å². The van der Waals surface area contributed by atoms with Crippen LogP contribution in [0.2, 0.25) is 0 Å². The van der Waals surface area contributed by atoms with Gasteiger partial charge in [0.05, 0.1) is 16.7 Å². The Kier molecular flexibility index (Phi) is 5.37. The van der Waals surface area contributed by atoms with Crippen LogP contribution >= 0.6 is 11.8 Å². The van der Waals surface area contributed by atoms with E-state index >= 15 is 0 Å². The molecule has 0 saturated heterocycles. The molecule has 2 aromatic carbocycles. The number of hydrogen-bond acceptors (Lipinski definition) is 4. The van der Waals surface area contributed by atoms with Gasteiger partial charge in [-0.2, -0.15) is 0 Å². The van der Waals surface area contributed by atoms with E-state index in [1.165, 1.54) is 22.4 Å². The fourth-order valence-electron chi connectivity index (χ4n) is 2.53. The lowest BCUT2D eigenvalue weighted by molar-refractivity contribution is -0.118. The number of fused-ring (bicyclic) bond motifs is 1. The predicted molar refractivity (Wildman–Crippen MR) is 101 cm³/mol. The minimum atomic E-state index is -0.265. The first-order valence-corrected chi connectivity index (χ1v) is 9.04. The van der Waals surface area contributed by atoms with Crippen LogP contribution in [0.25, 0.3) is 10.9 Å². The predicted octanol–water partition coefficient (Wildman–Crippen LogP) is 2.79. The molecule has 0 aliphatic rings. The van der Waals surface area contributed by atoms with Crippen LogP contribution in [-0.2, 0) is 18.4 Å². The van der Waals surface area contributed by atoms with E-state index in [2.05, 4.69) is 10.3 Å². The number of carbonyl (C=O) groups is 1. The summed E-state index contributed by atoms with van der Waals surface area (Å²) in [4.78, 5) is 28.9. The molecule has 26 heavy (non-hydrogen) atoms. The summed E-state index contributed by atoms with van der Waals surface area (Å²) in [6.07, 6.45) is 0. The van der Waals surface area contributed by atoms with Gasteiger partial charge in [0.15, 0.2) is 5.16 Å². The Hall–Kier alpha value is -2.67. The molecule has 1 heterocycles. The maximum atomic E-state index is 13.3. The van der Waals surface area contributed by atoms with E-state index < -0.39 is 0 Å². The third-order valence-corrected chi connectivity index (χ3v) is 5.02. The highest BCUT2D eigenvalue weighted by Gasteiger charge is 2.10. The molecule has 1 amide bonds. The summed E-state index contributed by atoms with van der Waals surface area (Å²) in [5, 5.41) is 3.83. The third-order valence-electron chi connectivity index (χ3n) is 3.99. The summed E-state index contributed by atoms with van der Waals surface area (Å²) >= 11 is 1.20. The van der Waals surface area contributed by atoms with Crippen LogP contribution < -0.4 is 10.9 Å². The molecule has 0 radical (unpaired) electrons. The minimum absolute atomic E-state index is 0.138. The largest absolute Gasteiger partial charge is 0.351 e. The Labute approximate surface area is 154 Å². The van der Waals surface area contributed by atoms with Gasteiger partial charge in [0.2, 0.25) is 5.91 Å². The first-order valence-electron chi connectivity index (χ1n) is 8.06. The van der Waals surface area contributed by atoms with Crippen LogP contribution in [0.3, 0.4) is 0 Å². The number of carbonyl (C=O) groups excluding carboxylic acids is 1. The van der Waals surface area contributed by atoms with Gasteiger partial charge >= 0.3 is 0 Å². The zero-order chi connectivity index (χ0) is 18.7. The monoisotopic (exact) mass is 371 g/mol. The van der Waals surface area contributed by atoms with Crippen LogP contribution in [0.5, 0.6) is 0 Å². The maximum absolute atomic E-state index is 13.3. The molecule has 0 atom stereocenters. The molecule has 3 aromatic rings. The molecule has 0 unspecified atom stereocenters. The second-order valence-corrected chi connectivity index (χ2v) is 6.87. The van der Waals surface area contributed by atoms with Crippen molar-refractivity contribution in [2.45, 2.75) is 18.6 Å². The lowest BCUT2D eigenvalue weighted by Crippen LogP contribution is -2.26. The van der Waals surface area contributed by atoms with Gasteiger partial charge in [-0.3, -0.25) is 14.2 Å². The van der Waals surface area contributed by atoms with Crippen molar-refractivity contribution in [2.24, 2.45) is 7.05 Å². The summed E-state index contributed by atoms with van der Waals surface area (Å²) in [6.45, 7) is 2.01. The average Bonchev–Trinajstić information content (AvgIpc) is 2.64. The number of rotatable bonds is 5. The minimum Gasteiger partial charge on any atom is -0.351 e. The van der Waals surface area contributed by atoms with Crippen molar-refractivity contribution < 1.29 is 9.18 Å². The summed E-state index contributed by atoms with van der Waals surface area (Å²) in [6, 6.07) is 11.9. The topological polar surface area (TPSA) is 64.0 Å². The van der Waals surface area contributed by atoms with Crippen molar-refractivity contribution in [1.29, 1.82) is 0 Å². The van der Waals surface area contributed by atoms with Gasteiger partial charge in [-0.1, -0.05) is 36.0 Å². The molecular weight excluding hydrogens is 353 g/mol. The van der Waals surface area contributed by atoms with E-state index in [9.17, 15) is 14.0 Å². The Bertz CT molecular complexity index is 1030. The second kappa shape index (κ2) is 7.70. The quantitative estimate of drug-likeness (QED) is 0.553. The van der Waals surface area contributed by atoms with Gasteiger partial charge < -0.3 is 5.32 Å². The third kappa shape index (κ3) is 3.94. The van der Waals surface area contributed by atoms with Crippen LogP contribution in [0, 0.1) is 12.7 Å². The first-order chi connectivity index (χ1) is 12.5. The summed E-state index contributed by atoms with van der Waals surface area (Å²) in [5.74, 6) is -0.308. The van der Waals surface area contributed by atoms with Gasteiger partial charge in [-0.05, 0) is 36.2 Å². The number of para-hydroxylation sites is 1. The molecule has 7 heteroatoms. The van der Waals surface area contributed by atoms with E-state index in [-0.39, 0.29) is 23.0 Å². The number of halogens is 1. The number of nitrogens with zero attached hydrogens (tertiary/aromatic N) is 2. The number of amides is 1.